The molecule has 2 rings (SSSR count). The van der Waals surface area contributed by atoms with Crippen LogP contribution in [-0.2, 0) is 0 Å². The van der Waals surface area contributed by atoms with Gasteiger partial charge in [-0.1, -0.05) is 26.7 Å². The Morgan fingerprint density at radius 2 is 1.00 bits per heavy atom. The quantitative estimate of drug-likeness (QED) is 0.398. The van der Waals surface area contributed by atoms with E-state index >= 15 is 0 Å². The lowest BCUT2D eigenvalue weighted by Gasteiger charge is -2.13. The van der Waals surface area contributed by atoms with Gasteiger partial charge in [-0.05, 0) is 75.4 Å². The Morgan fingerprint density at radius 3 is 1.30 bits per heavy atom. The summed E-state index contributed by atoms with van der Waals surface area (Å²) in [6.45, 7) is 4.54. The topological polar surface area (TPSA) is 0 Å². The van der Waals surface area contributed by atoms with Gasteiger partial charge in [0.15, 0.2) is 0 Å². The smallest absolute Gasteiger partial charge is 0.00454 e. The summed E-state index contributed by atoms with van der Waals surface area (Å²) in [4.78, 5) is 0. The molecule has 2 saturated carbocycles. The molecule has 0 aromatic heterocycles. The monoisotopic (exact) mass is 270 g/mol. The summed E-state index contributed by atoms with van der Waals surface area (Å²) in [5.74, 6) is 0. The predicted molar refractivity (Wildman–Crippen MR) is 87.8 cm³/mol. The molecule has 0 amide bonds. The minimum atomic E-state index is 1.10. The van der Waals surface area contributed by atoms with Crippen LogP contribution in [0, 0.1) is 0 Å². The molecule has 0 nitrogen and oxygen atoms in total. The summed E-state index contributed by atoms with van der Waals surface area (Å²) in [5, 5.41) is 0. The molecule has 0 heterocycles. The lowest BCUT2D eigenvalue weighted by molar-refractivity contribution is 0.599. The van der Waals surface area contributed by atoms with Gasteiger partial charge in [0.2, 0.25) is 0 Å². The molecular formula is C20H30. The third-order valence-corrected chi connectivity index (χ3v) is 4.64. The molecule has 2 fully saturated rings. The summed E-state index contributed by atoms with van der Waals surface area (Å²) in [6, 6.07) is 0. The maximum atomic E-state index is 3.77. The van der Waals surface area contributed by atoms with E-state index in [4.69, 9.17) is 0 Å². The summed E-state index contributed by atoms with van der Waals surface area (Å²) in [6.07, 6.45) is 15.6. The second-order valence-corrected chi connectivity index (χ2v) is 6.24. The van der Waals surface area contributed by atoms with Gasteiger partial charge in [0.25, 0.3) is 0 Å². The second kappa shape index (κ2) is 8.35. The van der Waals surface area contributed by atoms with E-state index in [2.05, 4.69) is 25.3 Å². The van der Waals surface area contributed by atoms with Crippen molar-refractivity contribution in [1.29, 1.82) is 0 Å². The molecule has 0 aliphatic heterocycles. The van der Waals surface area contributed by atoms with Crippen molar-refractivity contribution in [2.24, 2.45) is 0 Å². The maximum Gasteiger partial charge on any atom is 0.00454 e. The Kier molecular flexibility index (Phi) is 6.44. The van der Waals surface area contributed by atoms with Gasteiger partial charge in [-0.2, -0.15) is 0 Å². The lowest BCUT2D eigenvalue weighted by Crippen LogP contribution is -1.95. The zero-order valence-corrected chi connectivity index (χ0v) is 13.5. The van der Waals surface area contributed by atoms with Crippen LogP contribution in [0.25, 0.3) is 0 Å². The molecule has 0 aromatic carbocycles. The molecule has 0 radical (unpaired) electrons. The fourth-order valence-corrected chi connectivity index (χ4v) is 3.39. The van der Waals surface area contributed by atoms with E-state index in [0.717, 1.165) is 12.8 Å². The van der Waals surface area contributed by atoms with E-state index in [0.29, 0.717) is 0 Å². The summed E-state index contributed by atoms with van der Waals surface area (Å²) in [7, 11) is 0. The molecule has 0 heteroatoms. The second-order valence-electron chi connectivity index (χ2n) is 6.24. The van der Waals surface area contributed by atoms with Crippen molar-refractivity contribution in [2.45, 2.75) is 90.9 Å². The highest BCUT2D eigenvalue weighted by atomic mass is 14.1. The van der Waals surface area contributed by atoms with Crippen molar-refractivity contribution < 1.29 is 0 Å². The maximum absolute atomic E-state index is 3.77. The molecule has 0 aromatic rings. The molecule has 0 bridgehead atoms. The highest BCUT2D eigenvalue weighted by Gasteiger charge is 2.08. The van der Waals surface area contributed by atoms with Crippen LogP contribution in [0.4, 0.5) is 0 Å². The van der Waals surface area contributed by atoms with Crippen LogP contribution in [0.1, 0.15) is 90.9 Å². The normalized spacial score (nSPS) is 19.3. The van der Waals surface area contributed by atoms with Crippen molar-refractivity contribution in [2.75, 3.05) is 0 Å². The lowest BCUT2D eigenvalue weighted by atomic mass is 9.91. The van der Waals surface area contributed by atoms with E-state index in [1.54, 1.807) is 11.1 Å². The first-order valence-electron chi connectivity index (χ1n) is 8.79. The van der Waals surface area contributed by atoms with Gasteiger partial charge in [-0.25, -0.2) is 0 Å². The zero-order chi connectivity index (χ0) is 14.2. The summed E-state index contributed by atoms with van der Waals surface area (Å²) in [5.41, 5.74) is 13.5. The first kappa shape index (κ1) is 15.4. The number of rotatable bonds is 3. The van der Waals surface area contributed by atoms with Crippen molar-refractivity contribution in [3.63, 3.8) is 0 Å². The van der Waals surface area contributed by atoms with E-state index < -0.39 is 0 Å². The molecule has 0 atom stereocenters. The van der Waals surface area contributed by atoms with Crippen LogP contribution in [-0.4, -0.2) is 0 Å². The van der Waals surface area contributed by atoms with E-state index in [1.165, 1.54) is 75.4 Å². The highest BCUT2D eigenvalue weighted by Crippen LogP contribution is 2.26. The Morgan fingerprint density at radius 1 is 0.650 bits per heavy atom. The van der Waals surface area contributed by atoms with Crippen LogP contribution in [0.3, 0.4) is 0 Å². The highest BCUT2D eigenvalue weighted by molar-refractivity contribution is 5.32. The standard InChI is InChI=1S/C20H30/c1-3-19(15-17-11-7-5-8-12-17)20(4-2)16-18-13-9-6-10-14-18/h3-14H2,1-2H3. The third kappa shape index (κ3) is 4.55. The minimum absolute atomic E-state index is 1.10. The van der Waals surface area contributed by atoms with Crippen LogP contribution in [0.5, 0.6) is 0 Å². The van der Waals surface area contributed by atoms with Crippen molar-refractivity contribution in [1.82, 2.24) is 0 Å². The summed E-state index contributed by atoms with van der Waals surface area (Å²) < 4.78 is 0. The van der Waals surface area contributed by atoms with E-state index in [9.17, 15) is 0 Å². The van der Waals surface area contributed by atoms with Crippen LogP contribution in [0.15, 0.2) is 33.8 Å². The fraction of sp³-hybridized carbons (Fsp3) is 0.700. The van der Waals surface area contributed by atoms with Gasteiger partial charge in [-0.15, -0.1) is 11.5 Å². The van der Waals surface area contributed by atoms with E-state index in [1.807, 2.05) is 0 Å². The molecule has 2 aliphatic rings. The van der Waals surface area contributed by atoms with Gasteiger partial charge in [-0.3, -0.25) is 0 Å². The van der Waals surface area contributed by atoms with Crippen LogP contribution >= 0.6 is 0 Å². The molecule has 0 spiro atoms. The minimum Gasteiger partial charge on any atom is -0.117 e. The van der Waals surface area contributed by atoms with Crippen molar-refractivity contribution in [3.8, 4) is 0 Å². The van der Waals surface area contributed by atoms with Crippen molar-refractivity contribution in [3.05, 3.63) is 33.8 Å². The molecule has 0 N–H and O–H groups in total. The Balaban J connectivity index is 2.31. The Labute approximate surface area is 125 Å². The number of hydrogen-bond donors (Lipinski definition) is 0. The van der Waals surface area contributed by atoms with Gasteiger partial charge >= 0.3 is 0 Å². The summed E-state index contributed by atoms with van der Waals surface area (Å²) >= 11 is 0. The average Bonchev–Trinajstić information content (AvgIpc) is 2.52. The number of hydrogen-bond acceptors (Lipinski definition) is 0. The molecule has 110 valence electrons. The fourth-order valence-electron chi connectivity index (χ4n) is 3.39. The Hall–Kier alpha value is -0.960. The van der Waals surface area contributed by atoms with Crippen molar-refractivity contribution >= 4 is 0 Å². The number of allylic oxidation sites excluding steroid dienone is 2. The first-order chi connectivity index (χ1) is 9.83. The van der Waals surface area contributed by atoms with Gasteiger partial charge < -0.3 is 0 Å². The third-order valence-electron chi connectivity index (χ3n) is 4.64. The SMILES string of the molecule is CCC(=C=C1CCCCC1)C(=C=C1CCCCC1)CC. The average molecular weight is 270 g/mol. The largest absolute Gasteiger partial charge is 0.117 e. The first-order valence-corrected chi connectivity index (χ1v) is 8.79. The molecule has 20 heavy (non-hydrogen) atoms. The van der Waals surface area contributed by atoms with Gasteiger partial charge in [0.1, 0.15) is 0 Å². The predicted octanol–water partition coefficient (Wildman–Crippen LogP) is 6.64. The van der Waals surface area contributed by atoms with Crippen LogP contribution in [0.2, 0.25) is 0 Å². The Bertz CT molecular complexity index is 388. The van der Waals surface area contributed by atoms with Crippen LogP contribution < -0.4 is 0 Å². The zero-order valence-electron chi connectivity index (χ0n) is 13.5. The van der Waals surface area contributed by atoms with Gasteiger partial charge in [0, 0.05) is 11.1 Å². The van der Waals surface area contributed by atoms with Gasteiger partial charge in [0.05, 0.1) is 0 Å². The molecule has 0 unspecified atom stereocenters. The molecule has 0 saturated heterocycles. The molecular weight excluding hydrogens is 240 g/mol. The molecule has 2 aliphatic carbocycles. The van der Waals surface area contributed by atoms with E-state index in [-0.39, 0.29) is 0 Å².